The van der Waals surface area contributed by atoms with Crippen molar-refractivity contribution in [1.82, 2.24) is 4.90 Å². The summed E-state index contributed by atoms with van der Waals surface area (Å²) in [7, 11) is 0. The van der Waals surface area contributed by atoms with Crippen LogP contribution >= 0.6 is 28.3 Å². The van der Waals surface area contributed by atoms with Gasteiger partial charge in [0.25, 0.3) is 5.91 Å². The van der Waals surface area contributed by atoms with Crippen LogP contribution in [0.4, 0.5) is 0 Å². The van der Waals surface area contributed by atoms with Crippen molar-refractivity contribution in [3.8, 4) is 0 Å². The Morgan fingerprint density at radius 1 is 1.50 bits per heavy atom. The minimum Gasteiger partial charge on any atom is -0.334 e. The number of hydrogen-bond acceptors (Lipinski definition) is 2. The lowest BCUT2D eigenvalue weighted by molar-refractivity contribution is 0.0741. The highest BCUT2D eigenvalue weighted by atomic mass is 79.9. The molecule has 1 fully saturated rings. The van der Waals surface area contributed by atoms with E-state index in [-0.39, 0.29) is 24.4 Å². The van der Waals surface area contributed by atoms with Crippen LogP contribution in [0.2, 0.25) is 0 Å². The van der Waals surface area contributed by atoms with Crippen molar-refractivity contribution >= 4 is 34.2 Å². The highest BCUT2D eigenvalue weighted by molar-refractivity contribution is 9.10. The van der Waals surface area contributed by atoms with Crippen LogP contribution in [0, 0.1) is 6.92 Å². The predicted molar refractivity (Wildman–Crippen MR) is 79.2 cm³/mol. The minimum absolute atomic E-state index is 0. The molecule has 1 aliphatic heterocycles. The summed E-state index contributed by atoms with van der Waals surface area (Å²) in [6.45, 7) is 3.37. The number of nitrogens with zero attached hydrogens (tertiary/aromatic N) is 1. The third kappa shape index (κ3) is 3.25. The van der Waals surface area contributed by atoms with Crippen LogP contribution in [0.15, 0.2) is 22.7 Å². The number of carbonyl (C=O) groups is 1. The van der Waals surface area contributed by atoms with Crippen molar-refractivity contribution in [2.24, 2.45) is 5.73 Å². The van der Waals surface area contributed by atoms with Gasteiger partial charge >= 0.3 is 0 Å². The van der Waals surface area contributed by atoms with Gasteiger partial charge in [0.05, 0.1) is 0 Å². The quantitative estimate of drug-likeness (QED) is 0.904. The second-order valence-electron chi connectivity index (χ2n) is 4.55. The Hall–Kier alpha value is -0.580. The number of rotatable bonds is 2. The minimum atomic E-state index is 0. The fourth-order valence-electron chi connectivity index (χ4n) is 2.37. The molecule has 3 nitrogen and oxygen atoms in total. The van der Waals surface area contributed by atoms with Gasteiger partial charge in [-0.2, -0.15) is 0 Å². The molecule has 0 aliphatic carbocycles. The summed E-state index contributed by atoms with van der Waals surface area (Å²) in [5.74, 6) is 0.0994. The lowest BCUT2D eigenvalue weighted by Gasteiger charge is -2.23. The van der Waals surface area contributed by atoms with Crippen LogP contribution < -0.4 is 5.73 Å². The molecule has 1 unspecified atom stereocenters. The first kappa shape index (κ1) is 15.5. The maximum absolute atomic E-state index is 12.4. The van der Waals surface area contributed by atoms with E-state index in [1.807, 2.05) is 30.0 Å². The zero-order chi connectivity index (χ0) is 12.4. The first-order chi connectivity index (χ1) is 8.11. The second-order valence-corrected chi connectivity index (χ2v) is 5.46. The SMILES string of the molecule is Cc1cc(Br)cc(C(=O)N2CCCC2CN)c1.Cl. The summed E-state index contributed by atoms with van der Waals surface area (Å²) < 4.78 is 0.948. The number of benzene rings is 1. The number of halogens is 2. The van der Waals surface area contributed by atoms with Crippen LogP contribution in [-0.4, -0.2) is 29.9 Å². The van der Waals surface area contributed by atoms with Gasteiger partial charge in [0.1, 0.15) is 0 Å². The van der Waals surface area contributed by atoms with Crippen molar-refractivity contribution < 1.29 is 4.79 Å². The van der Waals surface area contributed by atoms with Crippen LogP contribution in [0.25, 0.3) is 0 Å². The Balaban J connectivity index is 0.00000162. The summed E-state index contributed by atoms with van der Waals surface area (Å²) in [5, 5.41) is 0. The van der Waals surface area contributed by atoms with E-state index in [2.05, 4.69) is 15.9 Å². The summed E-state index contributed by atoms with van der Waals surface area (Å²) in [5.41, 5.74) is 7.53. The van der Waals surface area contributed by atoms with E-state index in [0.29, 0.717) is 6.54 Å². The molecule has 1 aliphatic rings. The first-order valence-electron chi connectivity index (χ1n) is 5.90. The van der Waals surface area contributed by atoms with E-state index in [4.69, 9.17) is 5.73 Å². The molecule has 1 aromatic rings. The normalized spacial score (nSPS) is 18.6. The number of hydrogen-bond donors (Lipinski definition) is 1. The van der Waals surface area contributed by atoms with E-state index in [9.17, 15) is 4.79 Å². The van der Waals surface area contributed by atoms with Gasteiger partial charge in [0.2, 0.25) is 0 Å². The Bertz CT molecular complexity index is 419. The van der Waals surface area contributed by atoms with Crippen molar-refractivity contribution in [1.29, 1.82) is 0 Å². The Morgan fingerprint density at radius 3 is 2.83 bits per heavy atom. The summed E-state index contributed by atoms with van der Waals surface area (Å²) >= 11 is 3.43. The van der Waals surface area contributed by atoms with Gasteiger partial charge in [0.15, 0.2) is 0 Å². The third-order valence-corrected chi connectivity index (χ3v) is 3.66. The molecule has 0 spiro atoms. The highest BCUT2D eigenvalue weighted by Crippen LogP contribution is 2.22. The summed E-state index contributed by atoms with van der Waals surface area (Å²) in [6, 6.07) is 6.02. The Morgan fingerprint density at radius 2 is 2.22 bits per heavy atom. The third-order valence-electron chi connectivity index (χ3n) is 3.20. The molecule has 100 valence electrons. The maximum Gasteiger partial charge on any atom is 0.254 e. The molecule has 1 amide bonds. The lowest BCUT2D eigenvalue weighted by atomic mass is 10.1. The lowest BCUT2D eigenvalue weighted by Crippen LogP contribution is -2.39. The Kier molecular flexibility index (Phi) is 5.63. The number of aryl methyl sites for hydroxylation is 1. The topological polar surface area (TPSA) is 46.3 Å². The molecule has 2 rings (SSSR count). The van der Waals surface area contributed by atoms with Gasteiger partial charge in [-0.05, 0) is 43.5 Å². The van der Waals surface area contributed by atoms with Gasteiger partial charge in [-0.1, -0.05) is 15.9 Å². The molecule has 0 saturated carbocycles. The van der Waals surface area contributed by atoms with Crippen LogP contribution in [0.1, 0.15) is 28.8 Å². The van der Waals surface area contributed by atoms with Crippen molar-refractivity contribution in [2.75, 3.05) is 13.1 Å². The number of amides is 1. The molecule has 5 heteroatoms. The van der Waals surface area contributed by atoms with Gasteiger partial charge in [-0.3, -0.25) is 4.79 Å². The molecule has 1 heterocycles. The molecule has 1 aromatic carbocycles. The number of nitrogens with two attached hydrogens (primary N) is 1. The molecule has 18 heavy (non-hydrogen) atoms. The molecule has 1 saturated heterocycles. The molecule has 0 bridgehead atoms. The fourth-order valence-corrected chi connectivity index (χ4v) is 2.98. The summed E-state index contributed by atoms with van der Waals surface area (Å²) in [6.07, 6.45) is 2.08. The molecule has 0 aromatic heterocycles. The van der Waals surface area contributed by atoms with E-state index >= 15 is 0 Å². The average molecular weight is 334 g/mol. The van der Waals surface area contributed by atoms with E-state index in [1.165, 1.54) is 0 Å². The summed E-state index contributed by atoms with van der Waals surface area (Å²) in [4.78, 5) is 14.3. The Labute approximate surface area is 122 Å². The predicted octanol–water partition coefficient (Wildman–Crippen LogP) is 2.74. The smallest absolute Gasteiger partial charge is 0.254 e. The highest BCUT2D eigenvalue weighted by Gasteiger charge is 2.28. The molecule has 2 N–H and O–H groups in total. The van der Waals surface area contributed by atoms with Gasteiger partial charge in [-0.15, -0.1) is 12.4 Å². The number of carbonyl (C=O) groups excluding carboxylic acids is 1. The zero-order valence-electron chi connectivity index (χ0n) is 10.4. The molecular weight excluding hydrogens is 316 g/mol. The van der Waals surface area contributed by atoms with E-state index < -0.39 is 0 Å². The van der Waals surface area contributed by atoms with Gasteiger partial charge in [-0.25, -0.2) is 0 Å². The fraction of sp³-hybridized carbons (Fsp3) is 0.462. The van der Waals surface area contributed by atoms with Gasteiger partial charge < -0.3 is 10.6 Å². The van der Waals surface area contributed by atoms with Crippen LogP contribution in [0.5, 0.6) is 0 Å². The first-order valence-corrected chi connectivity index (χ1v) is 6.69. The number of likely N-dealkylation sites (tertiary alicyclic amines) is 1. The van der Waals surface area contributed by atoms with Crippen molar-refractivity contribution in [2.45, 2.75) is 25.8 Å². The van der Waals surface area contributed by atoms with E-state index in [1.54, 1.807) is 0 Å². The monoisotopic (exact) mass is 332 g/mol. The molecule has 0 radical (unpaired) electrons. The van der Waals surface area contributed by atoms with Crippen LogP contribution in [0.3, 0.4) is 0 Å². The van der Waals surface area contributed by atoms with Crippen molar-refractivity contribution in [3.05, 3.63) is 33.8 Å². The van der Waals surface area contributed by atoms with Crippen LogP contribution in [-0.2, 0) is 0 Å². The van der Waals surface area contributed by atoms with E-state index in [0.717, 1.165) is 35.0 Å². The largest absolute Gasteiger partial charge is 0.334 e. The second kappa shape index (κ2) is 6.55. The molecule has 1 atom stereocenters. The molecular formula is C13H18BrClN2O. The standard InChI is InChI=1S/C13H17BrN2O.ClH/c1-9-5-10(7-11(14)6-9)13(17)16-4-2-3-12(16)8-15;/h5-7,12H,2-4,8,15H2,1H3;1H. The average Bonchev–Trinajstić information content (AvgIpc) is 2.74. The van der Waals surface area contributed by atoms with Gasteiger partial charge in [0, 0.05) is 29.2 Å². The maximum atomic E-state index is 12.4. The zero-order valence-corrected chi connectivity index (χ0v) is 12.8. The van der Waals surface area contributed by atoms with Crippen molar-refractivity contribution in [3.63, 3.8) is 0 Å².